The van der Waals surface area contributed by atoms with Crippen LogP contribution in [0.25, 0.3) is 11.3 Å². The lowest BCUT2D eigenvalue weighted by Gasteiger charge is -2.10. The molecule has 3 heterocycles. The maximum atomic E-state index is 14.2. The van der Waals surface area contributed by atoms with Crippen molar-refractivity contribution in [3.63, 3.8) is 0 Å². The van der Waals surface area contributed by atoms with Gasteiger partial charge in [0.25, 0.3) is 0 Å². The van der Waals surface area contributed by atoms with Gasteiger partial charge in [-0.1, -0.05) is 0 Å². The molecular weight excluding hydrogens is 325 g/mol. The van der Waals surface area contributed by atoms with Crippen LogP contribution in [-0.4, -0.2) is 29.4 Å². The highest BCUT2D eigenvalue weighted by Crippen LogP contribution is 2.24. The predicted octanol–water partition coefficient (Wildman–Crippen LogP) is 1.65. The number of benzene rings is 1. The third-order valence-corrected chi connectivity index (χ3v) is 3.51. The summed E-state index contributed by atoms with van der Waals surface area (Å²) in [5.41, 5.74) is 7.63. The zero-order chi connectivity index (χ0) is 17.4. The molecule has 1 aromatic carbocycles. The van der Waals surface area contributed by atoms with Crippen LogP contribution in [-0.2, 0) is 0 Å². The van der Waals surface area contributed by atoms with Crippen molar-refractivity contribution in [2.24, 2.45) is 0 Å². The summed E-state index contributed by atoms with van der Waals surface area (Å²) >= 11 is 0. The minimum atomic E-state index is -0.476. The highest BCUT2D eigenvalue weighted by atomic mass is 19.1. The van der Waals surface area contributed by atoms with E-state index in [4.69, 9.17) is 11.0 Å². The summed E-state index contributed by atoms with van der Waals surface area (Å²) in [4.78, 5) is 7.90. The monoisotopic (exact) mass is 335 g/mol. The average molecular weight is 335 g/mol. The lowest BCUT2D eigenvalue weighted by atomic mass is 10.2. The van der Waals surface area contributed by atoms with E-state index in [1.807, 2.05) is 6.07 Å². The van der Waals surface area contributed by atoms with Crippen LogP contribution >= 0.6 is 0 Å². The summed E-state index contributed by atoms with van der Waals surface area (Å²) in [6.07, 6.45) is 4.26. The quantitative estimate of drug-likeness (QED) is 0.583. The fourth-order valence-corrected chi connectivity index (χ4v) is 2.36. The number of nitrogens with one attached hydrogen (secondary N) is 1. The van der Waals surface area contributed by atoms with Gasteiger partial charge in [0.2, 0.25) is 0 Å². The van der Waals surface area contributed by atoms with Crippen LogP contribution in [0.15, 0.2) is 43.1 Å². The SMILES string of the molecule is N#Cc1cnc2c(N)cc(Nc3cc(-n4cncn4)ccc3F)nn12. The first-order valence-electron chi connectivity index (χ1n) is 7.11. The number of nitriles is 1. The lowest BCUT2D eigenvalue weighted by molar-refractivity contribution is 0.631. The van der Waals surface area contributed by atoms with Gasteiger partial charge in [-0.3, -0.25) is 0 Å². The third kappa shape index (κ3) is 2.49. The van der Waals surface area contributed by atoms with Gasteiger partial charge in [-0.15, -0.1) is 5.10 Å². The molecule has 0 saturated heterocycles. The van der Waals surface area contributed by atoms with Gasteiger partial charge in [0.1, 0.15) is 24.5 Å². The van der Waals surface area contributed by atoms with Gasteiger partial charge in [-0.25, -0.2) is 19.0 Å². The highest BCUT2D eigenvalue weighted by Gasteiger charge is 2.11. The van der Waals surface area contributed by atoms with E-state index < -0.39 is 5.82 Å². The molecule has 0 atom stereocenters. The Labute approximate surface area is 140 Å². The fraction of sp³-hybridized carbons (Fsp3) is 0. The van der Waals surface area contributed by atoms with Crippen LogP contribution in [0, 0.1) is 17.1 Å². The molecule has 0 radical (unpaired) electrons. The van der Waals surface area contributed by atoms with Crippen molar-refractivity contribution in [1.82, 2.24) is 29.4 Å². The second kappa shape index (κ2) is 5.57. The Hall–Kier alpha value is -4.00. The van der Waals surface area contributed by atoms with Crippen molar-refractivity contribution in [3.05, 3.63) is 54.6 Å². The number of hydrogen-bond donors (Lipinski definition) is 2. The summed E-state index contributed by atoms with van der Waals surface area (Å²) in [6.45, 7) is 0. The van der Waals surface area contributed by atoms with Gasteiger partial charge < -0.3 is 11.1 Å². The molecule has 3 aromatic heterocycles. The number of nitrogens with two attached hydrogens (primary N) is 1. The van der Waals surface area contributed by atoms with E-state index >= 15 is 0 Å². The first kappa shape index (κ1) is 14.6. The van der Waals surface area contributed by atoms with Crippen LogP contribution in [0.4, 0.5) is 21.6 Å². The van der Waals surface area contributed by atoms with E-state index in [1.165, 1.54) is 40.2 Å². The summed E-state index contributed by atoms with van der Waals surface area (Å²) in [6, 6.07) is 7.93. The molecule has 10 heteroatoms. The van der Waals surface area contributed by atoms with Gasteiger partial charge in [0, 0.05) is 6.07 Å². The molecule has 4 aromatic rings. The molecule has 0 aliphatic rings. The summed E-state index contributed by atoms with van der Waals surface area (Å²) in [5, 5.41) is 20.2. The number of anilines is 3. The van der Waals surface area contributed by atoms with Crippen molar-refractivity contribution in [1.29, 1.82) is 5.26 Å². The fourth-order valence-electron chi connectivity index (χ4n) is 2.36. The van der Waals surface area contributed by atoms with Crippen LogP contribution in [0.2, 0.25) is 0 Å². The first-order valence-corrected chi connectivity index (χ1v) is 7.11. The molecule has 0 spiro atoms. The first-order chi connectivity index (χ1) is 12.2. The Morgan fingerprint density at radius 2 is 2.16 bits per heavy atom. The molecule has 0 fully saturated rings. The Kier molecular flexibility index (Phi) is 3.25. The standard InChI is InChI=1S/C15H10FN9/c16-11-2-1-9(24-8-19-7-21-24)3-13(11)22-14-4-12(18)15-20-6-10(5-17)25(15)23-14/h1-4,6-8H,18H2,(H,22,23). The number of nitrogen functional groups attached to an aromatic ring is 1. The highest BCUT2D eigenvalue weighted by molar-refractivity contribution is 5.71. The molecule has 0 saturated carbocycles. The van der Waals surface area contributed by atoms with E-state index in [1.54, 1.807) is 12.1 Å². The molecule has 25 heavy (non-hydrogen) atoms. The van der Waals surface area contributed by atoms with Crippen LogP contribution in [0.1, 0.15) is 5.69 Å². The molecule has 0 aliphatic carbocycles. The minimum Gasteiger partial charge on any atom is -0.396 e. The molecular formula is C15H10FN9. The number of halogens is 1. The molecule has 9 nitrogen and oxygen atoms in total. The van der Waals surface area contributed by atoms with Gasteiger partial charge >= 0.3 is 0 Å². The van der Waals surface area contributed by atoms with E-state index in [0.717, 1.165) is 0 Å². The van der Waals surface area contributed by atoms with E-state index in [9.17, 15) is 4.39 Å². The molecule has 4 rings (SSSR count). The minimum absolute atomic E-state index is 0.179. The lowest BCUT2D eigenvalue weighted by Crippen LogP contribution is -2.05. The topological polar surface area (TPSA) is 123 Å². The van der Waals surface area contributed by atoms with Gasteiger partial charge in [-0.2, -0.15) is 14.9 Å². The normalized spacial score (nSPS) is 10.7. The van der Waals surface area contributed by atoms with Gasteiger partial charge in [0.05, 0.1) is 23.3 Å². The number of rotatable bonds is 3. The Balaban J connectivity index is 1.76. The molecule has 0 bridgehead atoms. The number of imidazole rings is 1. The van der Waals surface area contributed by atoms with E-state index in [0.29, 0.717) is 17.0 Å². The number of fused-ring (bicyclic) bond motifs is 1. The van der Waals surface area contributed by atoms with Gasteiger partial charge in [0.15, 0.2) is 17.2 Å². The van der Waals surface area contributed by atoms with Crippen molar-refractivity contribution < 1.29 is 4.39 Å². The Morgan fingerprint density at radius 1 is 1.28 bits per heavy atom. The zero-order valence-electron chi connectivity index (χ0n) is 12.6. The second-order valence-corrected chi connectivity index (χ2v) is 5.10. The summed E-state index contributed by atoms with van der Waals surface area (Å²) < 4.78 is 17.0. The van der Waals surface area contributed by atoms with Gasteiger partial charge in [-0.05, 0) is 18.2 Å². The number of aromatic nitrogens is 6. The number of nitrogens with zero attached hydrogens (tertiary/aromatic N) is 7. The van der Waals surface area contributed by atoms with Crippen LogP contribution in [0.3, 0.4) is 0 Å². The van der Waals surface area contributed by atoms with E-state index in [-0.39, 0.29) is 17.2 Å². The number of hydrogen-bond acceptors (Lipinski definition) is 7. The molecule has 122 valence electrons. The zero-order valence-corrected chi connectivity index (χ0v) is 12.6. The van der Waals surface area contributed by atoms with Crippen molar-refractivity contribution in [2.45, 2.75) is 0 Å². The van der Waals surface area contributed by atoms with Crippen LogP contribution in [0.5, 0.6) is 0 Å². The molecule has 0 unspecified atom stereocenters. The van der Waals surface area contributed by atoms with Crippen molar-refractivity contribution in [2.75, 3.05) is 11.1 Å². The van der Waals surface area contributed by atoms with Crippen molar-refractivity contribution >= 4 is 22.8 Å². The Bertz CT molecular complexity index is 1110. The summed E-state index contributed by atoms with van der Waals surface area (Å²) in [7, 11) is 0. The molecule has 3 N–H and O–H groups in total. The maximum Gasteiger partial charge on any atom is 0.178 e. The smallest absolute Gasteiger partial charge is 0.178 e. The molecule has 0 aliphatic heterocycles. The molecule has 0 amide bonds. The summed E-state index contributed by atoms with van der Waals surface area (Å²) in [5.74, 6) is -0.204. The largest absolute Gasteiger partial charge is 0.396 e. The third-order valence-electron chi connectivity index (χ3n) is 3.51. The Morgan fingerprint density at radius 3 is 2.92 bits per heavy atom. The van der Waals surface area contributed by atoms with Crippen LogP contribution < -0.4 is 11.1 Å². The van der Waals surface area contributed by atoms with Crippen molar-refractivity contribution in [3.8, 4) is 11.8 Å². The van der Waals surface area contributed by atoms with E-state index in [2.05, 4.69) is 25.5 Å². The maximum absolute atomic E-state index is 14.2. The second-order valence-electron chi connectivity index (χ2n) is 5.10. The average Bonchev–Trinajstić information content (AvgIpc) is 3.26. The predicted molar refractivity (Wildman–Crippen MR) is 86.7 cm³/mol.